The van der Waals surface area contributed by atoms with Crippen molar-refractivity contribution in [3.8, 4) is 0 Å². The van der Waals surface area contributed by atoms with Gasteiger partial charge in [-0.2, -0.15) is 0 Å². The standard InChI is InChI=1S/C16H28O5/c1-10(2)20-15(18)14(16(19)21-11(3)4)12-8-6-5-7-9-13(12)17/h10-14,17H,5-9H2,1-4H3. The van der Waals surface area contributed by atoms with Gasteiger partial charge in [-0.05, 0) is 40.5 Å². The van der Waals surface area contributed by atoms with Crippen LogP contribution in [0.5, 0.6) is 0 Å². The molecule has 1 saturated carbocycles. The molecule has 1 aliphatic carbocycles. The molecule has 0 spiro atoms. The van der Waals surface area contributed by atoms with Crippen molar-refractivity contribution in [1.29, 1.82) is 0 Å². The van der Waals surface area contributed by atoms with Crippen molar-refractivity contribution in [3.05, 3.63) is 0 Å². The lowest BCUT2D eigenvalue weighted by Crippen LogP contribution is -2.41. The number of carbonyl (C=O) groups is 2. The fourth-order valence-electron chi connectivity index (χ4n) is 2.76. The van der Waals surface area contributed by atoms with Gasteiger partial charge in [-0.3, -0.25) is 9.59 Å². The number of ether oxygens (including phenoxy) is 2. The van der Waals surface area contributed by atoms with Crippen molar-refractivity contribution in [2.75, 3.05) is 0 Å². The second-order valence-corrected chi connectivity index (χ2v) is 6.32. The highest BCUT2D eigenvalue weighted by atomic mass is 16.6. The monoisotopic (exact) mass is 300 g/mol. The molecule has 2 atom stereocenters. The first kappa shape index (κ1) is 18.0. The summed E-state index contributed by atoms with van der Waals surface area (Å²) < 4.78 is 10.4. The zero-order valence-corrected chi connectivity index (χ0v) is 13.5. The maximum Gasteiger partial charge on any atom is 0.320 e. The SMILES string of the molecule is CC(C)OC(=O)C(C(=O)OC(C)C)C1CCCCCC1O. The van der Waals surface area contributed by atoms with E-state index in [2.05, 4.69) is 0 Å². The molecule has 0 aromatic carbocycles. The lowest BCUT2D eigenvalue weighted by Gasteiger charge is -2.28. The van der Waals surface area contributed by atoms with Crippen LogP contribution in [0.15, 0.2) is 0 Å². The van der Waals surface area contributed by atoms with Gasteiger partial charge in [-0.15, -0.1) is 0 Å². The Bertz CT molecular complexity index is 329. The molecule has 5 nitrogen and oxygen atoms in total. The summed E-state index contributed by atoms with van der Waals surface area (Å²) in [5.74, 6) is -2.60. The van der Waals surface area contributed by atoms with Gasteiger partial charge in [0.2, 0.25) is 0 Å². The molecule has 21 heavy (non-hydrogen) atoms. The van der Waals surface area contributed by atoms with Gasteiger partial charge in [-0.1, -0.05) is 19.3 Å². The Hall–Kier alpha value is -1.10. The average molecular weight is 300 g/mol. The number of hydrogen-bond acceptors (Lipinski definition) is 5. The Kier molecular flexibility index (Phi) is 7.15. The van der Waals surface area contributed by atoms with Crippen molar-refractivity contribution in [3.63, 3.8) is 0 Å². The normalized spacial score (nSPS) is 23.2. The van der Waals surface area contributed by atoms with Crippen LogP contribution in [-0.4, -0.2) is 35.4 Å². The highest BCUT2D eigenvalue weighted by Gasteiger charge is 2.42. The highest BCUT2D eigenvalue weighted by molar-refractivity contribution is 5.95. The molecular weight excluding hydrogens is 272 g/mol. The van der Waals surface area contributed by atoms with Crippen LogP contribution in [-0.2, 0) is 19.1 Å². The number of carbonyl (C=O) groups excluding carboxylic acids is 2. The fourth-order valence-corrected chi connectivity index (χ4v) is 2.76. The van der Waals surface area contributed by atoms with E-state index in [-0.39, 0.29) is 12.2 Å². The Morgan fingerprint density at radius 3 is 1.86 bits per heavy atom. The maximum atomic E-state index is 12.3. The van der Waals surface area contributed by atoms with Gasteiger partial charge in [0.15, 0.2) is 5.92 Å². The van der Waals surface area contributed by atoms with E-state index in [0.717, 1.165) is 19.3 Å². The largest absolute Gasteiger partial charge is 0.462 e. The van der Waals surface area contributed by atoms with E-state index in [0.29, 0.717) is 12.8 Å². The smallest absolute Gasteiger partial charge is 0.320 e. The third-order valence-electron chi connectivity index (χ3n) is 3.67. The minimum absolute atomic E-state index is 0.297. The Morgan fingerprint density at radius 1 is 0.905 bits per heavy atom. The van der Waals surface area contributed by atoms with Crippen LogP contribution in [0.4, 0.5) is 0 Å². The third-order valence-corrected chi connectivity index (χ3v) is 3.67. The summed E-state index contributed by atoms with van der Waals surface area (Å²) in [6, 6.07) is 0. The molecule has 1 fully saturated rings. The zero-order chi connectivity index (χ0) is 16.0. The Labute approximate surface area is 127 Å². The summed E-state index contributed by atoms with van der Waals surface area (Å²) in [5.41, 5.74) is 0. The van der Waals surface area contributed by atoms with Gasteiger partial charge >= 0.3 is 11.9 Å². The summed E-state index contributed by atoms with van der Waals surface area (Å²) >= 11 is 0. The van der Waals surface area contributed by atoms with Crippen LogP contribution in [0, 0.1) is 11.8 Å². The van der Waals surface area contributed by atoms with Gasteiger partial charge in [0.1, 0.15) is 0 Å². The number of aliphatic hydroxyl groups is 1. The van der Waals surface area contributed by atoms with Crippen LogP contribution in [0.25, 0.3) is 0 Å². The predicted octanol–water partition coefficient (Wildman–Crippen LogP) is 2.45. The van der Waals surface area contributed by atoms with Crippen LogP contribution in [0.2, 0.25) is 0 Å². The molecule has 0 saturated heterocycles. The van der Waals surface area contributed by atoms with Crippen molar-refractivity contribution in [2.45, 2.75) is 78.1 Å². The summed E-state index contributed by atoms with van der Waals surface area (Å²) in [4.78, 5) is 24.6. The lowest BCUT2D eigenvalue weighted by atomic mass is 9.84. The maximum absolute atomic E-state index is 12.3. The van der Waals surface area contributed by atoms with Gasteiger partial charge in [0, 0.05) is 5.92 Å². The van der Waals surface area contributed by atoms with E-state index in [1.807, 2.05) is 0 Å². The second kappa shape index (κ2) is 8.37. The van der Waals surface area contributed by atoms with Gasteiger partial charge in [0.25, 0.3) is 0 Å². The molecule has 0 radical (unpaired) electrons. The second-order valence-electron chi connectivity index (χ2n) is 6.32. The first-order valence-electron chi connectivity index (χ1n) is 7.92. The van der Waals surface area contributed by atoms with E-state index < -0.39 is 29.9 Å². The molecule has 1 N–H and O–H groups in total. The summed E-state index contributed by atoms with van der Waals surface area (Å²) in [6.07, 6.45) is 2.85. The summed E-state index contributed by atoms with van der Waals surface area (Å²) in [5, 5.41) is 10.3. The lowest BCUT2D eigenvalue weighted by molar-refractivity contribution is -0.172. The topological polar surface area (TPSA) is 72.8 Å². The average Bonchev–Trinajstić information content (AvgIpc) is 2.53. The van der Waals surface area contributed by atoms with Crippen LogP contribution in [0.1, 0.15) is 59.8 Å². The zero-order valence-electron chi connectivity index (χ0n) is 13.5. The van der Waals surface area contributed by atoms with Crippen molar-refractivity contribution in [2.24, 2.45) is 11.8 Å². The molecule has 1 rings (SSSR count). The van der Waals surface area contributed by atoms with Gasteiger partial charge in [-0.25, -0.2) is 0 Å². The van der Waals surface area contributed by atoms with Crippen LogP contribution in [0.3, 0.4) is 0 Å². The molecule has 0 aromatic heterocycles. The molecule has 5 heteroatoms. The molecule has 2 unspecified atom stereocenters. The molecule has 122 valence electrons. The molecule has 0 amide bonds. The van der Waals surface area contributed by atoms with Gasteiger partial charge < -0.3 is 14.6 Å². The van der Waals surface area contributed by atoms with Crippen LogP contribution < -0.4 is 0 Å². The van der Waals surface area contributed by atoms with E-state index in [9.17, 15) is 14.7 Å². The Morgan fingerprint density at radius 2 is 1.38 bits per heavy atom. The van der Waals surface area contributed by atoms with Gasteiger partial charge in [0.05, 0.1) is 18.3 Å². The van der Waals surface area contributed by atoms with Crippen molar-refractivity contribution in [1.82, 2.24) is 0 Å². The van der Waals surface area contributed by atoms with E-state index in [1.54, 1.807) is 27.7 Å². The Balaban J connectivity index is 2.93. The minimum Gasteiger partial charge on any atom is -0.462 e. The fraction of sp³-hybridized carbons (Fsp3) is 0.875. The molecule has 0 aliphatic heterocycles. The van der Waals surface area contributed by atoms with E-state index in [1.165, 1.54) is 0 Å². The summed E-state index contributed by atoms with van der Waals surface area (Å²) in [7, 11) is 0. The molecule has 0 aromatic rings. The molecule has 0 bridgehead atoms. The molecular formula is C16H28O5. The number of esters is 2. The first-order chi connectivity index (χ1) is 9.82. The van der Waals surface area contributed by atoms with Crippen LogP contribution >= 0.6 is 0 Å². The molecule has 0 heterocycles. The van der Waals surface area contributed by atoms with E-state index in [4.69, 9.17) is 9.47 Å². The number of rotatable bonds is 5. The quantitative estimate of drug-likeness (QED) is 0.479. The minimum atomic E-state index is -1.03. The highest BCUT2D eigenvalue weighted by Crippen LogP contribution is 2.31. The summed E-state index contributed by atoms with van der Waals surface area (Å²) in [6.45, 7) is 6.97. The van der Waals surface area contributed by atoms with Crippen molar-refractivity contribution >= 4 is 11.9 Å². The predicted molar refractivity (Wildman–Crippen MR) is 78.5 cm³/mol. The first-order valence-corrected chi connectivity index (χ1v) is 7.92. The van der Waals surface area contributed by atoms with Crippen molar-refractivity contribution < 1.29 is 24.2 Å². The third kappa shape index (κ3) is 5.65. The van der Waals surface area contributed by atoms with E-state index >= 15 is 0 Å². The number of hydrogen-bond donors (Lipinski definition) is 1. The number of aliphatic hydroxyl groups excluding tert-OH is 1. The molecule has 1 aliphatic rings.